The smallest absolute Gasteiger partial charge is 0.0592 e. The minimum atomic E-state index is 0.144. The van der Waals surface area contributed by atoms with Crippen LogP contribution in [0.3, 0.4) is 0 Å². The van der Waals surface area contributed by atoms with Gasteiger partial charge < -0.3 is 10.4 Å². The molecule has 72 valence electrons. The van der Waals surface area contributed by atoms with Crippen molar-refractivity contribution in [2.75, 3.05) is 13.2 Å². The Hall–Kier alpha value is -0.0900. The molecule has 0 spiro atoms. The molecule has 4 heteroatoms. The van der Waals surface area contributed by atoms with Gasteiger partial charge in [0.05, 0.1) is 11.6 Å². The highest BCUT2D eigenvalue weighted by Gasteiger charge is 2.02. The first-order chi connectivity index (χ1) is 6.25. The van der Waals surface area contributed by atoms with Gasteiger partial charge in [-0.25, -0.2) is 0 Å². The van der Waals surface area contributed by atoms with E-state index in [1.54, 1.807) is 0 Å². The van der Waals surface area contributed by atoms with E-state index in [9.17, 15) is 0 Å². The minimum Gasteiger partial charge on any atom is -0.395 e. The molecule has 0 aliphatic rings. The van der Waals surface area contributed by atoms with Gasteiger partial charge in [-0.15, -0.1) is 0 Å². The van der Waals surface area contributed by atoms with Crippen molar-refractivity contribution in [3.05, 3.63) is 33.3 Å². The van der Waals surface area contributed by atoms with Crippen LogP contribution < -0.4 is 5.32 Å². The largest absolute Gasteiger partial charge is 0.395 e. The quantitative estimate of drug-likeness (QED) is 0.817. The van der Waals surface area contributed by atoms with Gasteiger partial charge in [0.15, 0.2) is 0 Å². The average Bonchev–Trinajstić information content (AvgIpc) is 2.13. The number of aliphatic hydroxyl groups is 1. The molecule has 2 nitrogen and oxygen atoms in total. The summed E-state index contributed by atoms with van der Waals surface area (Å²) in [5.74, 6) is 0. The summed E-state index contributed by atoms with van der Waals surface area (Å²) in [6.07, 6.45) is 0. The second kappa shape index (κ2) is 5.60. The van der Waals surface area contributed by atoms with Crippen molar-refractivity contribution in [2.24, 2.45) is 0 Å². The van der Waals surface area contributed by atoms with E-state index in [0.29, 0.717) is 13.1 Å². The van der Waals surface area contributed by atoms with Gasteiger partial charge in [0.25, 0.3) is 0 Å². The molecule has 0 aliphatic carbocycles. The first kappa shape index (κ1) is 11.0. The van der Waals surface area contributed by atoms with E-state index in [2.05, 4.69) is 21.2 Å². The maximum atomic E-state index is 8.56. The number of aliphatic hydroxyl groups excluding tert-OH is 1. The van der Waals surface area contributed by atoms with Gasteiger partial charge >= 0.3 is 0 Å². The Morgan fingerprint density at radius 2 is 2.23 bits per heavy atom. The van der Waals surface area contributed by atoms with Crippen LogP contribution >= 0.6 is 27.5 Å². The maximum absolute atomic E-state index is 8.56. The summed E-state index contributed by atoms with van der Waals surface area (Å²) in [4.78, 5) is 0. The Labute approximate surface area is 91.0 Å². The summed E-state index contributed by atoms with van der Waals surface area (Å²) >= 11 is 9.37. The minimum absolute atomic E-state index is 0.144. The first-order valence-corrected chi connectivity index (χ1v) is 5.17. The normalized spacial score (nSPS) is 10.4. The van der Waals surface area contributed by atoms with Crippen molar-refractivity contribution in [1.82, 2.24) is 5.32 Å². The molecule has 0 aromatic heterocycles. The summed E-state index contributed by atoms with van der Waals surface area (Å²) in [5, 5.41) is 12.4. The lowest BCUT2D eigenvalue weighted by molar-refractivity contribution is 0.292. The molecule has 1 aromatic rings. The van der Waals surface area contributed by atoms with E-state index in [1.807, 2.05) is 18.2 Å². The Bertz CT molecular complexity index is 280. The highest BCUT2D eigenvalue weighted by molar-refractivity contribution is 9.10. The van der Waals surface area contributed by atoms with Crippen molar-refractivity contribution >= 4 is 27.5 Å². The van der Waals surface area contributed by atoms with E-state index in [1.165, 1.54) is 0 Å². The summed E-state index contributed by atoms with van der Waals surface area (Å²) in [5.41, 5.74) is 1.03. The lowest BCUT2D eigenvalue weighted by Crippen LogP contribution is -2.17. The molecule has 13 heavy (non-hydrogen) atoms. The number of hydrogen-bond donors (Lipinski definition) is 2. The molecule has 0 fully saturated rings. The molecule has 0 amide bonds. The predicted molar refractivity (Wildman–Crippen MR) is 57.9 cm³/mol. The third-order valence-corrected chi connectivity index (χ3v) is 2.97. The predicted octanol–water partition coefficient (Wildman–Crippen LogP) is 2.18. The fraction of sp³-hybridized carbons (Fsp3) is 0.333. The topological polar surface area (TPSA) is 32.3 Å². The zero-order chi connectivity index (χ0) is 9.68. The van der Waals surface area contributed by atoms with Crippen LogP contribution in [0.5, 0.6) is 0 Å². The summed E-state index contributed by atoms with van der Waals surface area (Å²) in [7, 11) is 0. The van der Waals surface area contributed by atoms with Crippen molar-refractivity contribution < 1.29 is 5.11 Å². The molecule has 0 radical (unpaired) electrons. The van der Waals surface area contributed by atoms with E-state index >= 15 is 0 Å². The van der Waals surface area contributed by atoms with Crippen LogP contribution in [0.15, 0.2) is 22.7 Å². The Balaban J connectivity index is 2.61. The van der Waals surface area contributed by atoms with Crippen LogP contribution in [0, 0.1) is 0 Å². The zero-order valence-electron chi connectivity index (χ0n) is 7.06. The van der Waals surface area contributed by atoms with Gasteiger partial charge in [0.1, 0.15) is 0 Å². The molecule has 1 rings (SSSR count). The summed E-state index contributed by atoms with van der Waals surface area (Å²) in [6.45, 7) is 1.41. The SMILES string of the molecule is OCCNCc1cccc(Br)c1Cl. The van der Waals surface area contributed by atoms with Crippen LogP contribution in [0.1, 0.15) is 5.56 Å². The molecule has 0 heterocycles. The lowest BCUT2D eigenvalue weighted by atomic mass is 10.2. The second-order valence-electron chi connectivity index (χ2n) is 2.61. The van der Waals surface area contributed by atoms with Gasteiger partial charge in [0, 0.05) is 17.6 Å². The van der Waals surface area contributed by atoms with Crippen molar-refractivity contribution in [1.29, 1.82) is 0 Å². The Morgan fingerprint density at radius 3 is 2.92 bits per heavy atom. The van der Waals surface area contributed by atoms with E-state index < -0.39 is 0 Å². The standard InChI is InChI=1S/C9H11BrClNO/c10-8-3-1-2-7(9(8)11)6-12-4-5-13/h1-3,12-13H,4-6H2. The molecule has 1 aromatic carbocycles. The number of nitrogens with one attached hydrogen (secondary N) is 1. The Kier molecular flexibility index (Phi) is 4.73. The van der Waals surface area contributed by atoms with Crippen LogP contribution in [0.2, 0.25) is 5.02 Å². The maximum Gasteiger partial charge on any atom is 0.0592 e. The molecule has 2 N–H and O–H groups in total. The van der Waals surface area contributed by atoms with E-state index in [0.717, 1.165) is 15.1 Å². The van der Waals surface area contributed by atoms with Crippen molar-refractivity contribution in [2.45, 2.75) is 6.54 Å². The highest BCUT2D eigenvalue weighted by atomic mass is 79.9. The molecule has 0 bridgehead atoms. The first-order valence-electron chi connectivity index (χ1n) is 4.00. The van der Waals surface area contributed by atoms with Crippen LogP contribution in [0.4, 0.5) is 0 Å². The Morgan fingerprint density at radius 1 is 1.46 bits per heavy atom. The average molecular weight is 265 g/mol. The summed E-state index contributed by atoms with van der Waals surface area (Å²) in [6, 6.07) is 5.79. The number of hydrogen-bond acceptors (Lipinski definition) is 2. The number of benzene rings is 1. The molecule has 0 aliphatic heterocycles. The molecular formula is C9H11BrClNO. The van der Waals surface area contributed by atoms with E-state index in [-0.39, 0.29) is 6.61 Å². The zero-order valence-corrected chi connectivity index (χ0v) is 9.40. The fourth-order valence-electron chi connectivity index (χ4n) is 0.987. The monoisotopic (exact) mass is 263 g/mol. The van der Waals surface area contributed by atoms with Crippen LogP contribution in [-0.4, -0.2) is 18.3 Å². The molecule has 0 unspecified atom stereocenters. The van der Waals surface area contributed by atoms with Gasteiger partial charge in [0.2, 0.25) is 0 Å². The summed E-state index contributed by atoms with van der Waals surface area (Å²) < 4.78 is 0.900. The van der Waals surface area contributed by atoms with Gasteiger partial charge in [-0.05, 0) is 27.6 Å². The molecular weight excluding hydrogens is 253 g/mol. The lowest BCUT2D eigenvalue weighted by Gasteiger charge is -2.06. The van der Waals surface area contributed by atoms with Crippen molar-refractivity contribution in [3.63, 3.8) is 0 Å². The fourth-order valence-corrected chi connectivity index (χ4v) is 1.59. The molecule has 0 saturated carbocycles. The second-order valence-corrected chi connectivity index (χ2v) is 3.85. The van der Waals surface area contributed by atoms with E-state index in [4.69, 9.17) is 16.7 Å². The third-order valence-electron chi connectivity index (χ3n) is 1.64. The van der Waals surface area contributed by atoms with Crippen LogP contribution in [-0.2, 0) is 6.54 Å². The molecule has 0 saturated heterocycles. The van der Waals surface area contributed by atoms with Gasteiger partial charge in [-0.3, -0.25) is 0 Å². The van der Waals surface area contributed by atoms with Gasteiger partial charge in [-0.1, -0.05) is 23.7 Å². The van der Waals surface area contributed by atoms with Gasteiger partial charge in [-0.2, -0.15) is 0 Å². The van der Waals surface area contributed by atoms with Crippen LogP contribution in [0.25, 0.3) is 0 Å². The number of halogens is 2. The molecule has 0 atom stereocenters. The number of rotatable bonds is 4. The van der Waals surface area contributed by atoms with Crippen molar-refractivity contribution in [3.8, 4) is 0 Å². The third kappa shape index (κ3) is 3.27. The highest BCUT2D eigenvalue weighted by Crippen LogP contribution is 2.25.